The molecule has 0 unspecified atom stereocenters. The van der Waals surface area contributed by atoms with Crippen LogP contribution in [0.1, 0.15) is 0 Å². The van der Waals surface area contributed by atoms with Gasteiger partial charge in [-0.05, 0) is 40.2 Å². The van der Waals surface area contributed by atoms with Crippen LogP contribution in [0.25, 0.3) is 21.8 Å². The fourth-order valence-electron chi connectivity index (χ4n) is 2.45. The van der Waals surface area contributed by atoms with E-state index in [1.165, 1.54) is 0 Å². The Labute approximate surface area is 132 Å². The summed E-state index contributed by atoms with van der Waals surface area (Å²) in [7, 11) is 0. The first-order valence-electron chi connectivity index (χ1n) is 6.11. The zero-order chi connectivity index (χ0) is 15.1. The van der Waals surface area contributed by atoms with Crippen LogP contribution in [0.15, 0.2) is 45.7 Å². The zero-order valence-corrected chi connectivity index (χ0v) is 13.0. The summed E-state index contributed by atoms with van der Waals surface area (Å²) in [5.41, 5.74) is 0.925. The molecule has 2 aromatic carbocycles. The molecule has 4 nitrogen and oxygen atoms in total. The third-order valence-electron chi connectivity index (χ3n) is 3.32. The van der Waals surface area contributed by atoms with Crippen molar-refractivity contribution >= 4 is 55.3 Å². The van der Waals surface area contributed by atoms with Crippen molar-refractivity contribution in [2.75, 3.05) is 0 Å². The van der Waals surface area contributed by atoms with Crippen molar-refractivity contribution in [1.82, 2.24) is 4.57 Å². The molecule has 1 N–H and O–H groups in total. The Morgan fingerprint density at radius 3 is 2.62 bits per heavy atom. The Morgan fingerprint density at radius 1 is 1.19 bits per heavy atom. The summed E-state index contributed by atoms with van der Waals surface area (Å²) in [6.45, 7) is -0.254. The zero-order valence-electron chi connectivity index (χ0n) is 10.6. The lowest BCUT2D eigenvalue weighted by Gasteiger charge is -2.15. The van der Waals surface area contributed by atoms with Gasteiger partial charge in [0, 0.05) is 10.8 Å². The first-order valence-corrected chi connectivity index (χ1v) is 7.29. The SMILES string of the molecule is O=C(O)Cn1c2ccccc2c(=O)c2ccc(Cl)c(Br)c21. The highest BCUT2D eigenvalue weighted by atomic mass is 79.9. The third-order valence-corrected chi connectivity index (χ3v) is 4.66. The molecule has 0 atom stereocenters. The molecule has 0 saturated heterocycles. The molecule has 0 aliphatic rings. The van der Waals surface area contributed by atoms with Gasteiger partial charge in [-0.3, -0.25) is 9.59 Å². The van der Waals surface area contributed by atoms with Crippen LogP contribution in [0.3, 0.4) is 0 Å². The Bertz CT molecular complexity index is 949. The second-order valence-electron chi connectivity index (χ2n) is 4.58. The minimum atomic E-state index is -0.989. The molecule has 0 bridgehead atoms. The Morgan fingerprint density at radius 2 is 1.90 bits per heavy atom. The number of fused-ring (bicyclic) bond motifs is 2. The van der Waals surface area contributed by atoms with Gasteiger partial charge in [0.25, 0.3) is 0 Å². The molecule has 1 aromatic heterocycles. The van der Waals surface area contributed by atoms with Gasteiger partial charge in [0.15, 0.2) is 5.43 Å². The van der Waals surface area contributed by atoms with Crippen molar-refractivity contribution in [2.45, 2.75) is 6.54 Å². The minimum absolute atomic E-state index is 0.139. The molecule has 0 amide bonds. The van der Waals surface area contributed by atoms with E-state index in [2.05, 4.69) is 15.9 Å². The summed E-state index contributed by atoms with van der Waals surface area (Å²) >= 11 is 9.45. The number of carbonyl (C=O) groups is 1. The number of carboxylic acids is 1. The van der Waals surface area contributed by atoms with Gasteiger partial charge in [0.1, 0.15) is 6.54 Å². The molecular weight excluding hydrogens is 358 g/mol. The van der Waals surface area contributed by atoms with E-state index in [1.807, 2.05) is 0 Å². The Kier molecular flexibility index (Phi) is 3.47. The Balaban J connectivity index is 2.63. The normalized spacial score (nSPS) is 11.1. The van der Waals surface area contributed by atoms with Crippen molar-refractivity contribution in [2.24, 2.45) is 0 Å². The van der Waals surface area contributed by atoms with Crippen molar-refractivity contribution in [3.63, 3.8) is 0 Å². The number of halogens is 2. The summed E-state index contributed by atoms with van der Waals surface area (Å²) in [6.07, 6.45) is 0. The number of aromatic nitrogens is 1. The summed E-state index contributed by atoms with van der Waals surface area (Å²) < 4.78 is 2.11. The number of para-hydroxylation sites is 1. The van der Waals surface area contributed by atoms with E-state index in [0.29, 0.717) is 31.3 Å². The van der Waals surface area contributed by atoms with Crippen LogP contribution in [-0.2, 0) is 11.3 Å². The van der Waals surface area contributed by atoms with Crippen molar-refractivity contribution in [3.05, 3.63) is 56.1 Å². The minimum Gasteiger partial charge on any atom is -0.480 e. The van der Waals surface area contributed by atoms with Crippen LogP contribution < -0.4 is 5.43 Å². The average Bonchev–Trinajstić information content (AvgIpc) is 2.46. The van der Waals surface area contributed by atoms with Gasteiger partial charge < -0.3 is 9.67 Å². The van der Waals surface area contributed by atoms with Crippen LogP contribution >= 0.6 is 27.5 Å². The van der Waals surface area contributed by atoms with Crippen LogP contribution in [-0.4, -0.2) is 15.6 Å². The molecule has 1 heterocycles. The predicted molar refractivity (Wildman–Crippen MR) is 86.1 cm³/mol. The first kappa shape index (κ1) is 14.1. The maximum absolute atomic E-state index is 12.6. The maximum Gasteiger partial charge on any atom is 0.323 e. The molecule has 0 radical (unpaired) electrons. The average molecular weight is 367 g/mol. The van der Waals surface area contributed by atoms with Crippen LogP contribution in [0.2, 0.25) is 5.02 Å². The van der Waals surface area contributed by atoms with Gasteiger partial charge in [0.05, 0.1) is 20.5 Å². The molecule has 6 heteroatoms. The van der Waals surface area contributed by atoms with Crippen LogP contribution in [0, 0.1) is 0 Å². The smallest absolute Gasteiger partial charge is 0.323 e. The quantitative estimate of drug-likeness (QED) is 0.704. The maximum atomic E-state index is 12.6. The number of carboxylic acid groups (broad SMARTS) is 1. The van der Waals surface area contributed by atoms with E-state index in [4.69, 9.17) is 16.7 Å². The highest BCUT2D eigenvalue weighted by Gasteiger charge is 2.16. The van der Waals surface area contributed by atoms with E-state index in [1.54, 1.807) is 41.0 Å². The molecule has 3 aromatic rings. The van der Waals surface area contributed by atoms with Crippen LogP contribution in [0.5, 0.6) is 0 Å². The molecule has 0 aliphatic carbocycles. The van der Waals surface area contributed by atoms with E-state index < -0.39 is 5.97 Å². The van der Waals surface area contributed by atoms with Gasteiger partial charge in [-0.1, -0.05) is 23.7 Å². The number of rotatable bonds is 2. The molecular formula is C15H9BrClNO3. The summed E-state index contributed by atoms with van der Waals surface area (Å²) in [5.74, 6) is -0.989. The molecule has 0 saturated carbocycles. The highest BCUT2D eigenvalue weighted by molar-refractivity contribution is 9.10. The highest BCUT2D eigenvalue weighted by Crippen LogP contribution is 2.31. The molecule has 0 aliphatic heterocycles. The predicted octanol–water partition coefficient (Wildman–Crippen LogP) is 3.66. The second-order valence-corrected chi connectivity index (χ2v) is 5.78. The topological polar surface area (TPSA) is 59.3 Å². The van der Waals surface area contributed by atoms with E-state index >= 15 is 0 Å². The summed E-state index contributed by atoms with van der Waals surface area (Å²) in [4.78, 5) is 23.8. The van der Waals surface area contributed by atoms with E-state index in [9.17, 15) is 9.59 Å². The lowest BCUT2D eigenvalue weighted by atomic mass is 10.1. The number of aliphatic carboxylic acids is 1. The summed E-state index contributed by atoms with van der Waals surface area (Å²) in [5, 5.41) is 10.5. The van der Waals surface area contributed by atoms with E-state index in [-0.39, 0.29) is 12.0 Å². The number of hydrogen-bond donors (Lipinski definition) is 1. The lowest BCUT2D eigenvalue weighted by Crippen LogP contribution is -2.16. The van der Waals surface area contributed by atoms with Gasteiger partial charge in [-0.2, -0.15) is 0 Å². The van der Waals surface area contributed by atoms with Crippen molar-refractivity contribution in [3.8, 4) is 0 Å². The van der Waals surface area contributed by atoms with Crippen molar-refractivity contribution in [1.29, 1.82) is 0 Å². The van der Waals surface area contributed by atoms with E-state index in [0.717, 1.165) is 0 Å². The molecule has 0 spiro atoms. The fraction of sp³-hybridized carbons (Fsp3) is 0.0667. The number of pyridine rings is 1. The number of nitrogens with zero attached hydrogens (tertiary/aromatic N) is 1. The number of benzene rings is 2. The molecule has 21 heavy (non-hydrogen) atoms. The van der Waals surface area contributed by atoms with Crippen LogP contribution in [0.4, 0.5) is 0 Å². The lowest BCUT2D eigenvalue weighted by molar-refractivity contribution is -0.137. The molecule has 3 rings (SSSR count). The fourth-order valence-corrected chi connectivity index (χ4v) is 3.17. The third kappa shape index (κ3) is 2.22. The van der Waals surface area contributed by atoms with Gasteiger partial charge >= 0.3 is 5.97 Å². The standard InChI is InChI=1S/C15H9BrClNO3/c16-13-10(17)6-5-9-14(13)18(7-12(19)20)11-4-2-1-3-8(11)15(9)21/h1-6H,7H2,(H,19,20). The largest absolute Gasteiger partial charge is 0.480 e. The number of hydrogen-bond acceptors (Lipinski definition) is 2. The Hall–Kier alpha value is -1.85. The van der Waals surface area contributed by atoms with Gasteiger partial charge in [0.2, 0.25) is 0 Å². The molecule has 0 fully saturated rings. The van der Waals surface area contributed by atoms with Crippen molar-refractivity contribution < 1.29 is 9.90 Å². The van der Waals surface area contributed by atoms with Gasteiger partial charge in [-0.25, -0.2) is 0 Å². The van der Waals surface area contributed by atoms with Gasteiger partial charge in [-0.15, -0.1) is 0 Å². The summed E-state index contributed by atoms with van der Waals surface area (Å²) in [6, 6.07) is 10.2. The molecule has 106 valence electrons. The monoisotopic (exact) mass is 365 g/mol. The second kappa shape index (κ2) is 5.16. The first-order chi connectivity index (χ1) is 10.0.